The zero-order valence-corrected chi connectivity index (χ0v) is 18.5. The van der Waals surface area contributed by atoms with Gasteiger partial charge in [-0.25, -0.2) is 0 Å². The number of rotatable bonds is 8. The minimum Gasteiger partial charge on any atom is -0.872 e. The van der Waals surface area contributed by atoms with Gasteiger partial charge in [-0.2, -0.15) is 8.42 Å². The Labute approximate surface area is 191 Å². The molecule has 0 unspecified atom stereocenters. The van der Waals surface area contributed by atoms with E-state index < -0.39 is 10.1 Å². The van der Waals surface area contributed by atoms with Gasteiger partial charge in [0.1, 0.15) is 11.5 Å². The van der Waals surface area contributed by atoms with Crippen LogP contribution in [-0.4, -0.2) is 13.0 Å². The van der Waals surface area contributed by atoms with Crippen LogP contribution in [0.15, 0.2) is 47.4 Å². The van der Waals surface area contributed by atoms with E-state index in [-0.39, 0.29) is 67.8 Å². The van der Waals surface area contributed by atoms with Gasteiger partial charge in [-0.15, -0.1) is 5.75 Å². The third-order valence-corrected chi connectivity index (χ3v) is 4.43. The van der Waals surface area contributed by atoms with E-state index >= 15 is 0 Å². The number of ether oxygens (including phenoxy) is 1. The molecule has 5 nitrogen and oxygen atoms in total. The molecule has 0 aromatic heterocycles. The molecule has 0 aliphatic heterocycles. The Bertz CT molecular complexity index is 790. The van der Waals surface area contributed by atoms with Crippen molar-refractivity contribution in [2.45, 2.75) is 43.9 Å². The molecular weight excluding hydrogens is 367 g/mol. The maximum absolute atomic E-state index is 11.5. The van der Waals surface area contributed by atoms with Crippen LogP contribution in [0.4, 0.5) is 0 Å². The van der Waals surface area contributed by atoms with Crippen molar-refractivity contribution < 1.29 is 74.2 Å². The van der Waals surface area contributed by atoms with Gasteiger partial charge in [0, 0.05) is 6.07 Å². The number of unbranched alkanes of at least 4 members (excludes halogenated alkanes) is 3. The molecule has 130 valence electrons. The molecule has 0 aliphatic carbocycles. The first-order valence-electron chi connectivity index (χ1n) is 7.95. The molecule has 0 radical (unpaired) electrons. The minimum absolute atomic E-state index is 0. The van der Waals surface area contributed by atoms with Crippen LogP contribution in [0.2, 0.25) is 0 Å². The minimum atomic E-state index is -4.33. The van der Waals surface area contributed by atoms with E-state index in [1.165, 1.54) is 24.3 Å². The van der Waals surface area contributed by atoms with E-state index in [1.807, 2.05) is 0 Å². The maximum Gasteiger partial charge on any atom is 1.00 e. The molecule has 2 aromatic carbocycles. The summed E-state index contributed by atoms with van der Waals surface area (Å²) in [6, 6.07) is 10.3. The van der Waals surface area contributed by atoms with Crippen molar-refractivity contribution in [1.82, 2.24) is 0 Å². The molecule has 25 heavy (non-hydrogen) atoms. The fourth-order valence-electron chi connectivity index (χ4n) is 2.41. The Hall–Kier alpha value is -0.414. The van der Waals surface area contributed by atoms with Gasteiger partial charge >= 0.3 is 51.4 Å². The molecule has 0 bridgehead atoms. The van der Waals surface area contributed by atoms with E-state index in [0.29, 0.717) is 12.2 Å². The summed E-state index contributed by atoms with van der Waals surface area (Å²) in [5, 5.41) is 11.4. The van der Waals surface area contributed by atoms with Crippen LogP contribution >= 0.6 is 0 Å². The molecule has 0 fully saturated rings. The molecule has 2 aromatic rings. The Morgan fingerprint density at radius 1 is 1.04 bits per heavy atom. The van der Waals surface area contributed by atoms with E-state index in [0.717, 1.165) is 31.2 Å². The topological polar surface area (TPSA) is 86.7 Å². The molecular formula is C18H21KO5S. The monoisotopic (exact) mass is 388 g/mol. The summed E-state index contributed by atoms with van der Waals surface area (Å²) >= 11 is 0. The molecule has 0 spiro atoms. The standard InChI is InChI=1S/C18H22O5S.K/c1-2-3-4-5-7-14-10-17(13-18(11-14)24(20,21)22)23-16-9-6-8-15(19)12-16;/h6,8-13,19H,2-5,7H2,1H3,(H,20,21,22);/q;+1/p-1. The van der Waals surface area contributed by atoms with Crippen LogP contribution in [0, 0.1) is 0 Å². The summed E-state index contributed by atoms with van der Waals surface area (Å²) in [6.45, 7) is 2.12. The average molecular weight is 389 g/mol. The van der Waals surface area contributed by atoms with Crippen LogP contribution in [-0.2, 0) is 16.5 Å². The Kier molecular flexibility index (Phi) is 9.65. The zero-order valence-electron chi connectivity index (χ0n) is 14.6. The summed E-state index contributed by atoms with van der Waals surface area (Å²) in [5.74, 6) is 0.409. The summed E-state index contributed by atoms with van der Waals surface area (Å²) in [4.78, 5) is -0.205. The van der Waals surface area contributed by atoms with Gasteiger partial charge in [0.15, 0.2) is 0 Å². The molecule has 0 saturated carbocycles. The molecule has 7 heteroatoms. The largest absolute Gasteiger partial charge is 1.00 e. The van der Waals surface area contributed by atoms with Gasteiger partial charge < -0.3 is 9.84 Å². The maximum atomic E-state index is 11.5. The average Bonchev–Trinajstić information content (AvgIpc) is 2.50. The smallest absolute Gasteiger partial charge is 0.872 e. The van der Waals surface area contributed by atoms with Crippen molar-refractivity contribution in [3.05, 3.63) is 48.0 Å². The molecule has 0 amide bonds. The normalized spacial score (nSPS) is 11.0. The first-order valence-corrected chi connectivity index (χ1v) is 9.39. The third-order valence-electron chi connectivity index (χ3n) is 3.60. The van der Waals surface area contributed by atoms with Gasteiger partial charge in [0.05, 0.1) is 4.90 Å². The van der Waals surface area contributed by atoms with Crippen molar-refractivity contribution in [2.75, 3.05) is 0 Å². The first-order chi connectivity index (χ1) is 11.4. The summed E-state index contributed by atoms with van der Waals surface area (Å²) in [6.07, 6.45) is 4.92. The fourth-order valence-corrected chi connectivity index (χ4v) is 2.98. The quantitative estimate of drug-likeness (QED) is 0.413. The molecule has 0 atom stereocenters. The van der Waals surface area contributed by atoms with Crippen molar-refractivity contribution in [3.8, 4) is 17.2 Å². The predicted molar refractivity (Wildman–Crippen MR) is 90.1 cm³/mol. The van der Waals surface area contributed by atoms with Crippen molar-refractivity contribution in [2.24, 2.45) is 0 Å². The second kappa shape index (κ2) is 10.7. The van der Waals surface area contributed by atoms with Crippen LogP contribution in [0.25, 0.3) is 0 Å². The Balaban J connectivity index is 0.00000312. The summed E-state index contributed by atoms with van der Waals surface area (Å²) < 4.78 is 37.9. The number of benzene rings is 2. The first kappa shape index (κ1) is 22.6. The van der Waals surface area contributed by atoms with Crippen LogP contribution < -0.4 is 61.2 Å². The number of hydrogen-bond donors (Lipinski definition) is 1. The van der Waals surface area contributed by atoms with E-state index in [1.54, 1.807) is 18.2 Å². The molecule has 0 saturated heterocycles. The van der Waals surface area contributed by atoms with Crippen LogP contribution in [0.1, 0.15) is 38.2 Å². The van der Waals surface area contributed by atoms with Crippen LogP contribution in [0.5, 0.6) is 17.2 Å². The van der Waals surface area contributed by atoms with Crippen molar-refractivity contribution >= 4 is 10.1 Å². The molecule has 0 aliphatic rings. The summed E-state index contributed by atoms with van der Waals surface area (Å²) in [7, 11) is -4.33. The third kappa shape index (κ3) is 7.78. The van der Waals surface area contributed by atoms with Gasteiger partial charge in [-0.3, -0.25) is 4.55 Å². The van der Waals surface area contributed by atoms with Gasteiger partial charge in [-0.05, 0) is 42.7 Å². The fraction of sp³-hybridized carbons (Fsp3) is 0.333. The van der Waals surface area contributed by atoms with Crippen LogP contribution in [0.3, 0.4) is 0 Å². The number of aryl methyl sites for hydroxylation is 1. The van der Waals surface area contributed by atoms with Gasteiger partial charge in [0.25, 0.3) is 10.1 Å². The Morgan fingerprint density at radius 3 is 2.44 bits per heavy atom. The van der Waals surface area contributed by atoms with Gasteiger partial charge in [-0.1, -0.05) is 38.3 Å². The molecule has 0 heterocycles. The van der Waals surface area contributed by atoms with E-state index in [2.05, 4.69) is 6.92 Å². The van der Waals surface area contributed by atoms with Gasteiger partial charge in [0.2, 0.25) is 0 Å². The molecule has 1 N–H and O–H groups in total. The second-order valence-electron chi connectivity index (χ2n) is 5.68. The predicted octanol–water partition coefficient (Wildman–Crippen LogP) is 0.926. The van der Waals surface area contributed by atoms with E-state index in [9.17, 15) is 18.1 Å². The van der Waals surface area contributed by atoms with Crippen molar-refractivity contribution in [3.63, 3.8) is 0 Å². The van der Waals surface area contributed by atoms with E-state index in [4.69, 9.17) is 4.74 Å². The Morgan fingerprint density at radius 2 is 1.80 bits per heavy atom. The summed E-state index contributed by atoms with van der Waals surface area (Å²) in [5.41, 5.74) is 0.773. The molecule has 2 rings (SSSR count). The second-order valence-corrected chi connectivity index (χ2v) is 7.10. The van der Waals surface area contributed by atoms with Crippen molar-refractivity contribution in [1.29, 1.82) is 0 Å². The zero-order chi connectivity index (χ0) is 17.6. The number of hydrogen-bond acceptors (Lipinski definition) is 4. The SMILES string of the molecule is CCCCCCc1cc(Oc2cccc([O-])c2)cc(S(=O)(=O)O)c1.[K+].